The quantitative estimate of drug-likeness (QED) is 0.0217. The average molecular weight is 1750 g/mol. The molecule has 0 aromatic carbocycles. The molecular formula is C58H70Cl2Cu2F24N12O2P4. The molecule has 0 aliphatic carbocycles. The van der Waals surface area contributed by atoms with E-state index in [0.29, 0.717) is 11.8 Å². The van der Waals surface area contributed by atoms with Gasteiger partial charge in [0.15, 0.2) is 0 Å². The summed E-state index contributed by atoms with van der Waals surface area (Å²) in [6, 6.07) is 48.4. The Morgan fingerprint density at radius 2 is 0.423 bits per heavy atom. The molecule has 14 nitrogen and oxygen atoms in total. The molecule has 8 heterocycles. The van der Waals surface area contributed by atoms with Gasteiger partial charge in [-0.2, -0.15) is 0 Å². The summed E-state index contributed by atoms with van der Waals surface area (Å²) < 4.78 is 237. The molecule has 104 heavy (non-hydrogen) atoms. The first-order valence-corrected chi connectivity index (χ1v) is 37.8. The monoisotopic (exact) mass is 1740 g/mol. The van der Waals surface area contributed by atoms with Crippen molar-refractivity contribution in [3.05, 3.63) is 241 Å². The normalized spacial score (nSPS) is 15.3. The molecule has 0 unspecified atom stereocenters. The third-order valence-electron chi connectivity index (χ3n) is 12.4. The van der Waals surface area contributed by atoms with Crippen LogP contribution in [0.1, 0.15) is 59.4 Å². The van der Waals surface area contributed by atoms with Crippen LogP contribution in [0.4, 0.5) is 101 Å². The van der Waals surface area contributed by atoms with Crippen LogP contribution in [0.5, 0.6) is 0 Å². The molecule has 8 aromatic rings. The van der Waals surface area contributed by atoms with Crippen LogP contribution in [-0.2, 0) is 84.2 Å². The minimum atomic E-state index is -10.7. The molecule has 46 heteroatoms. The van der Waals surface area contributed by atoms with Gasteiger partial charge >= 0.3 is 166 Å². The molecule has 0 aliphatic rings. The van der Waals surface area contributed by atoms with Gasteiger partial charge in [0.2, 0.25) is 0 Å². The van der Waals surface area contributed by atoms with Crippen molar-refractivity contribution in [2.24, 2.45) is 0 Å². The van der Waals surface area contributed by atoms with E-state index in [1.54, 1.807) is 0 Å². The summed E-state index contributed by atoms with van der Waals surface area (Å²) in [4.78, 5) is 46.3. The summed E-state index contributed by atoms with van der Waals surface area (Å²) in [5, 5.41) is 0. The molecule has 0 bridgehead atoms. The zero-order chi connectivity index (χ0) is 75.7. The molecule has 0 saturated heterocycles. The van der Waals surface area contributed by atoms with E-state index in [2.05, 4.69) is 122 Å². The molecular weight excluding hydrogens is 1670 g/mol. The number of nitrogens with zero attached hydrogens (tertiary/aromatic N) is 12. The first kappa shape index (κ1) is 101. The molecule has 0 spiro atoms. The number of pyridine rings is 8. The predicted molar refractivity (Wildman–Crippen MR) is 350 cm³/mol. The molecule has 8 aromatic heterocycles. The molecule has 598 valence electrons. The molecule has 0 aliphatic heterocycles. The van der Waals surface area contributed by atoms with E-state index in [0.717, 1.165) is 124 Å². The van der Waals surface area contributed by atoms with Gasteiger partial charge < -0.3 is 11.0 Å². The SMILES string of the molecule is C[C@](CCl)(CN(CCN(Cc1ccccn1)Cc1ccccn1)Cc1ccccn1)c1ccccn1.C[C@](CCl)(CN(CCN(Cc1ccccn1)Cc1ccccn1)Cc1ccccn1)c1ccccn1.F[P-](F)(F)(F)(F)F.F[P-](F)(F)(F)(F)F.F[P-](F)(F)(F)(F)F.F[P-](F)(F)(F)(F)F.O.O.[Cu+2].[Cu+2]. The Kier molecular flexibility index (Phi) is 36.0. The van der Waals surface area contributed by atoms with Gasteiger partial charge in [-0.25, -0.2) is 0 Å². The molecule has 4 N–H and O–H groups in total. The fourth-order valence-electron chi connectivity index (χ4n) is 8.56. The second-order valence-corrected chi connectivity index (χ2v) is 30.6. The van der Waals surface area contributed by atoms with Crippen molar-refractivity contribution in [2.75, 3.05) is 51.0 Å². The molecule has 0 saturated carbocycles. The fourth-order valence-corrected chi connectivity index (χ4v) is 9.00. The van der Waals surface area contributed by atoms with Crippen LogP contribution in [-0.4, -0.2) is 121 Å². The first-order valence-electron chi connectivity index (χ1n) is 28.6. The number of hydrogen-bond acceptors (Lipinski definition) is 12. The van der Waals surface area contributed by atoms with Crippen LogP contribution < -0.4 is 0 Å². The Morgan fingerprint density at radius 3 is 0.567 bits per heavy atom. The van der Waals surface area contributed by atoms with E-state index < -0.39 is 31.2 Å². The zero-order valence-corrected chi connectivity index (χ0v) is 60.9. The zero-order valence-electron chi connectivity index (χ0n) is 54.0. The number of aromatic nitrogens is 8. The van der Waals surface area contributed by atoms with Gasteiger partial charge in [0.25, 0.3) is 0 Å². The summed E-state index contributed by atoms with van der Waals surface area (Å²) in [5.74, 6) is 0.961. The van der Waals surface area contributed by atoms with Crippen LogP contribution in [0.15, 0.2) is 195 Å². The van der Waals surface area contributed by atoms with Crippen LogP contribution in [0.2, 0.25) is 0 Å². The van der Waals surface area contributed by atoms with Crippen molar-refractivity contribution < 1.29 is 146 Å². The minimum Gasteiger partial charge on any atom is -0.412 e. The average Bonchev–Trinajstić information content (AvgIpc) is 0.802. The summed E-state index contributed by atoms with van der Waals surface area (Å²) in [5.41, 5.74) is 7.69. The van der Waals surface area contributed by atoms with E-state index in [9.17, 15) is 101 Å². The Hall–Kier alpha value is -5.38. The smallest absolute Gasteiger partial charge is 0.412 e. The van der Waals surface area contributed by atoms with E-state index in [1.165, 1.54) is 0 Å². The van der Waals surface area contributed by atoms with Gasteiger partial charge in [0.1, 0.15) is 0 Å². The maximum absolute atomic E-state index is 10.7. The van der Waals surface area contributed by atoms with Crippen molar-refractivity contribution in [1.82, 2.24) is 59.5 Å². The Balaban J connectivity index is 0. The summed E-state index contributed by atoms with van der Waals surface area (Å²) in [6.07, 6.45) is 14.8. The third-order valence-corrected chi connectivity index (χ3v) is 13.6. The number of rotatable bonds is 26. The standard InChI is InChI=1S/2C29H33ClN6.2Cu.4F6P.2H2O/c2*1-29(23-30,28-13-5-9-17-34-28)24-36(22-27-12-4-8-16-33-27)19-18-35(20-25-10-2-6-14-31-25)21-26-11-3-7-15-32-26;;;4*1-7(2,3,4,5)6;;/h2*2-17H,18-24H2,1H3;;;;;;;2*1H2/q;;2*+2;4*-1;;/t2*29-;;;;;;;;/m00......../s1. The van der Waals surface area contributed by atoms with Gasteiger partial charge in [-0.15, -0.1) is 23.2 Å². The minimum absolute atomic E-state index is 0. The van der Waals surface area contributed by atoms with E-state index in [1.807, 2.05) is 147 Å². The van der Waals surface area contributed by atoms with Gasteiger partial charge in [-0.3, -0.25) is 59.5 Å². The van der Waals surface area contributed by atoms with Crippen molar-refractivity contribution in [3.8, 4) is 0 Å². The second kappa shape index (κ2) is 37.2. The van der Waals surface area contributed by atoms with Crippen molar-refractivity contribution >= 4 is 54.4 Å². The Bertz CT molecular complexity index is 3280. The number of hydrogen-bond donors (Lipinski definition) is 0. The molecule has 8 rings (SSSR count). The molecule has 0 fully saturated rings. The van der Waals surface area contributed by atoms with E-state index >= 15 is 0 Å². The fraction of sp³-hybridized carbons (Fsp3) is 0.310. The van der Waals surface area contributed by atoms with Crippen molar-refractivity contribution in [3.63, 3.8) is 0 Å². The topological polar surface area (TPSA) is 179 Å². The van der Waals surface area contributed by atoms with E-state index in [-0.39, 0.29) is 55.9 Å². The molecule has 2 atom stereocenters. The summed E-state index contributed by atoms with van der Waals surface area (Å²) in [7, 11) is -42.6. The maximum atomic E-state index is 9.87. The maximum Gasteiger partial charge on any atom is 2.00 e. The van der Waals surface area contributed by atoms with Gasteiger partial charge in [-0.1, -0.05) is 62.4 Å². The van der Waals surface area contributed by atoms with Gasteiger partial charge in [-0.05, 0) is 97.1 Å². The van der Waals surface area contributed by atoms with Gasteiger partial charge in [0, 0.05) is 162 Å². The van der Waals surface area contributed by atoms with Crippen molar-refractivity contribution in [2.45, 2.75) is 63.9 Å². The summed E-state index contributed by atoms with van der Waals surface area (Å²) >= 11 is 13.1. The van der Waals surface area contributed by atoms with Crippen LogP contribution in [0.25, 0.3) is 0 Å². The predicted octanol–water partition coefficient (Wildman–Crippen LogP) is 21.8. The number of alkyl halides is 2. The first-order chi connectivity index (χ1) is 45.1. The Morgan fingerprint density at radius 1 is 0.269 bits per heavy atom. The second-order valence-electron chi connectivity index (χ2n) is 22.4. The van der Waals surface area contributed by atoms with Crippen LogP contribution >= 0.6 is 54.4 Å². The van der Waals surface area contributed by atoms with Crippen molar-refractivity contribution in [1.29, 1.82) is 0 Å². The third kappa shape index (κ3) is 60.7. The van der Waals surface area contributed by atoms with Crippen LogP contribution in [0, 0.1) is 0 Å². The summed E-state index contributed by atoms with van der Waals surface area (Å²) in [6.45, 7) is 13.8. The largest absolute Gasteiger partial charge is 2.00 e. The number of halogens is 26. The van der Waals surface area contributed by atoms with E-state index in [4.69, 9.17) is 23.2 Å². The molecule has 0 amide bonds. The van der Waals surface area contributed by atoms with Gasteiger partial charge in [0.05, 0.1) is 34.2 Å². The molecule has 2 radical (unpaired) electrons. The Labute approximate surface area is 612 Å². The van der Waals surface area contributed by atoms with Crippen LogP contribution in [0.3, 0.4) is 0 Å².